The average molecular weight is 496 g/mol. The summed E-state index contributed by atoms with van der Waals surface area (Å²) in [6.45, 7) is 0.0562. The van der Waals surface area contributed by atoms with Gasteiger partial charge in [-0.15, -0.1) is 11.8 Å². The number of rotatable bonds is 10. The number of benzene rings is 3. The Bertz CT molecular complexity index is 1120. The van der Waals surface area contributed by atoms with Crippen LogP contribution in [0.3, 0.4) is 0 Å². The van der Waals surface area contributed by atoms with Gasteiger partial charge < -0.3 is 29.4 Å². The molecule has 0 amide bonds. The zero-order valence-electron chi connectivity index (χ0n) is 20.7. The summed E-state index contributed by atoms with van der Waals surface area (Å²) in [6.07, 6.45) is 1.46. The van der Waals surface area contributed by atoms with E-state index < -0.39 is 0 Å². The average Bonchev–Trinajstić information content (AvgIpc) is 2.91. The van der Waals surface area contributed by atoms with E-state index in [0.29, 0.717) is 6.42 Å². The molecule has 6 nitrogen and oxygen atoms in total. The van der Waals surface area contributed by atoms with E-state index in [0.717, 1.165) is 45.6 Å². The van der Waals surface area contributed by atoms with Crippen molar-refractivity contribution >= 4 is 11.8 Å². The van der Waals surface area contributed by atoms with E-state index in [2.05, 4.69) is 29.6 Å². The molecule has 0 saturated carbocycles. The Morgan fingerprint density at radius 3 is 1.97 bits per heavy atom. The van der Waals surface area contributed by atoms with Crippen LogP contribution in [-0.4, -0.2) is 46.2 Å². The third-order valence-electron chi connectivity index (χ3n) is 6.39. The van der Waals surface area contributed by atoms with E-state index >= 15 is 0 Å². The number of ether oxygens (including phenoxy) is 4. The van der Waals surface area contributed by atoms with Crippen molar-refractivity contribution < 1.29 is 24.1 Å². The molecule has 1 unspecified atom stereocenters. The van der Waals surface area contributed by atoms with Crippen molar-refractivity contribution in [2.45, 2.75) is 35.6 Å². The molecular formula is C28H33NO5S. The lowest BCUT2D eigenvalue weighted by Crippen LogP contribution is -2.43. The number of fused-ring (bicyclic) bond motifs is 1. The monoisotopic (exact) mass is 495 g/mol. The Morgan fingerprint density at radius 2 is 1.43 bits per heavy atom. The van der Waals surface area contributed by atoms with Crippen molar-refractivity contribution in [2.75, 3.05) is 35.0 Å². The normalized spacial score (nSPS) is 16.9. The number of nitrogens with one attached hydrogen (secondary N) is 1. The second-order valence-corrected chi connectivity index (χ2v) is 9.48. The summed E-state index contributed by atoms with van der Waals surface area (Å²) in [7, 11) is 6.73. The van der Waals surface area contributed by atoms with E-state index in [1.54, 1.807) is 40.2 Å². The van der Waals surface area contributed by atoms with Gasteiger partial charge in [-0.25, -0.2) is 0 Å². The fourth-order valence-electron chi connectivity index (χ4n) is 4.57. The first-order valence-electron chi connectivity index (χ1n) is 11.6. The van der Waals surface area contributed by atoms with Gasteiger partial charge in [-0.3, -0.25) is 0 Å². The highest BCUT2D eigenvalue weighted by Gasteiger charge is 2.33. The van der Waals surface area contributed by atoms with Crippen molar-refractivity contribution in [3.63, 3.8) is 0 Å². The Kier molecular flexibility index (Phi) is 8.44. The highest BCUT2D eigenvalue weighted by Crippen LogP contribution is 2.46. The highest BCUT2D eigenvalue weighted by atomic mass is 32.2. The number of hydrogen-bond donors (Lipinski definition) is 2. The summed E-state index contributed by atoms with van der Waals surface area (Å²) < 4.78 is 22.3. The molecule has 0 fully saturated rings. The van der Waals surface area contributed by atoms with Crippen molar-refractivity contribution in [1.82, 2.24) is 5.32 Å². The zero-order chi connectivity index (χ0) is 24.8. The molecule has 0 bridgehead atoms. The van der Waals surface area contributed by atoms with Gasteiger partial charge in [0.2, 0.25) is 0 Å². The van der Waals surface area contributed by atoms with Crippen LogP contribution in [0.2, 0.25) is 0 Å². The number of aliphatic hydroxyl groups is 1. The van der Waals surface area contributed by atoms with Crippen molar-refractivity contribution in [3.8, 4) is 23.0 Å². The molecule has 7 heteroatoms. The number of aliphatic hydroxyl groups excluding tert-OH is 1. The molecule has 0 aromatic heterocycles. The van der Waals surface area contributed by atoms with Crippen molar-refractivity contribution in [3.05, 3.63) is 76.9 Å². The van der Waals surface area contributed by atoms with E-state index in [-0.39, 0.29) is 18.7 Å². The minimum Gasteiger partial charge on any atom is -0.497 e. The van der Waals surface area contributed by atoms with E-state index in [4.69, 9.17) is 18.9 Å². The van der Waals surface area contributed by atoms with Gasteiger partial charge in [0, 0.05) is 29.5 Å². The second kappa shape index (κ2) is 11.7. The molecule has 2 N–H and O–H groups in total. The predicted molar refractivity (Wildman–Crippen MR) is 139 cm³/mol. The lowest BCUT2D eigenvalue weighted by molar-refractivity contribution is 0.219. The van der Waals surface area contributed by atoms with Crippen LogP contribution in [0.5, 0.6) is 23.0 Å². The van der Waals surface area contributed by atoms with Gasteiger partial charge in [-0.1, -0.05) is 24.3 Å². The molecule has 0 radical (unpaired) electrons. The number of thioether (sulfide) groups is 1. The lowest BCUT2D eigenvalue weighted by Gasteiger charge is -2.35. The van der Waals surface area contributed by atoms with Gasteiger partial charge in [0.25, 0.3) is 0 Å². The van der Waals surface area contributed by atoms with Gasteiger partial charge >= 0.3 is 0 Å². The lowest BCUT2D eigenvalue weighted by atomic mass is 9.86. The van der Waals surface area contributed by atoms with Gasteiger partial charge in [0.15, 0.2) is 0 Å². The summed E-state index contributed by atoms with van der Waals surface area (Å²) in [5, 5.41) is 13.7. The number of methoxy groups -OCH3 is 4. The van der Waals surface area contributed by atoms with Crippen molar-refractivity contribution in [1.29, 1.82) is 0 Å². The first kappa shape index (κ1) is 25.2. The molecule has 4 rings (SSSR count). The minimum atomic E-state index is -0.0529. The second-order valence-electron chi connectivity index (χ2n) is 8.49. The van der Waals surface area contributed by atoms with Crippen LogP contribution in [0.1, 0.15) is 28.3 Å². The highest BCUT2D eigenvalue weighted by molar-refractivity contribution is 7.98. The zero-order valence-corrected chi connectivity index (χ0v) is 21.5. The molecule has 3 aromatic rings. The summed E-state index contributed by atoms with van der Waals surface area (Å²) in [5.74, 6) is 4.06. The number of hydrogen-bond acceptors (Lipinski definition) is 7. The maximum atomic E-state index is 10.1. The Balaban J connectivity index is 1.70. The molecule has 1 aliphatic rings. The van der Waals surface area contributed by atoms with Crippen LogP contribution in [0, 0.1) is 0 Å². The SMILES string of the molecule is COc1ccc(CSc2c(OC)cc(OC)c3c2CC(CO)N[C@H]3Cc2ccc(OC)cc2)cc1. The first-order chi connectivity index (χ1) is 17.1. The van der Waals surface area contributed by atoms with Crippen LogP contribution < -0.4 is 24.3 Å². The van der Waals surface area contributed by atoms with Gasteiger partial charge in [-0.2, -0.15) is 0 Å². The molecule has 0 spiro atoms. The van der Waals surface area contributed by atoms with Crippen LogP contribution in [0.25, 0.3) is 0 Å². The summed E-state index contributed by atoms with van der Waals surface area (Å²) in [6, 6.07) is 18.2. The molecule has 0 aliphatic carbocycles. The molecule has 0 saturated heterocycles. The van der Waals surface area contributed by atoms with Gasteiger partial charge in [0.05, 0.1) is 39.9 Å². The van der Waals surface area contributed by atoms with E-state index in [9.17, 15) is 5.11 Å². The third-order valence-corrected chi connectivity index (χ3v) is 7.60. The molecule has 35 heavy (non-hydrogen) atoms. The molecule has 186 valence electrons. The summed E-state index contributed by atoms with van der Waals surface area (Å²) in [5.41, 5.74) is 4.69. The van der Waals surface area contributed by atoms with Gasteiger partial charge in [0.1, 0.15) is 23.0 Å². The van der Waals surface area contributed by atoms with Crippen LogP contribution in [0.15, 0.2) is 59.5 Å². The Hall–Kier alpha value is -2.87. The maximum absolute atomic E-state index is 10.1. The first-order valence-corrected chi connectivity index (χ1v) is 12.6. The van der Waals surface area contributed by atoms with E-state index in [1.807, 2.05) is 30.3 Å². The quantitative estimate of drug-likeness (QED) is 0.392. The fourth-order valence-corrected chi connectivity index (χ4v) is 5.73. The van der Waals surface area contributed by atoms with Gasteiger partial charge in [-0.05, 0) is 53.8 Å². The Labute approximate surface area is 211 Å². The molecule has 1 heterocycles. The van der Waals surface area contributed by atoms with Crippen LogP contribution in [0.4, 0.5) is 0 Å². The molecule has 2 atom stereocenters. The van der Waals surface area contributed by atoms with Crippen LogP contribution in [-0.2, 0) is 18.6 Å². The van der Waals surface area contributed by atoms with Crippen molar-refractivity contribution in [2.24, 2.45) is 0 Å². The smallest absolute Gasteiger partial charge is 0.136 e. The molecule has 3 aromatic carbocycles. The van der Waals surface area contributed by atoms with Crippen LogP contribution >= 0.6 is 11.8 Å². The maximum Gasteiger partial charge on any atom is 0.136 e. The largest absolute Gasteiger partial charge is 0.497 e. The summed E-state index contributed by atoms with van der Waals surface area (Å²) in [4.78, 5) is 1.10. The molecule has 1 aliphatic heterocycles. The minimum absolute atomic E-state index is 0.00881. The Morgan fingerprint density at radius 1 is 0.829 bits per heavy atom. The fraction of sp³-hybridized carbons (Fsp3) is 0.357. The summed E-state index contributed by atoms with van der Waals surface area (Å²) >= 11 is 1.75. The predicted octanol–water partition coefficient (Wildman–Crippen LogP) is 4.80. The third kappa shape index (κ3) is 5.69. The van der Waals surface area contributed by atoms with E-state index in [1.165, 1.54) is 16.7 Å². The molecular weight excluding hydrogens is 462 g/mol. The topological polar surface area (TPSA) is 69.2 Å². The standard InChI is InChI=1S/C28H33NO5S/c1-31-21-9-5-18(6-10-21)13-24-27-23(14-20(16-30)29-24)28(26(34-4)15-25(27)33-3)35-17-19-7-11-22(32-2)12-8-19/h5-12,15,20,24,29-30H,13-14,16-17H2,1-4H3/t20?,24-/m0/s1.